The van der Waals surface area contributed by atoms with E-state index in [1.807, 2.05) is 0 Å². The Hall–Kier alpha value is 0.620. The summed E-state index contributed by atoms with van der Waals surface area (Å²) in [5, 5.41) is 0.718. The molecule has 0 aromatic rings. The number of rotatable bonds is 2. The SMILES string of the molecule is CC1SCCC1(CN)N1CCSCC1. The summed E-state index contributed by atoms with van der Waals surface area (Å²) in [7, 11) is 0. The fraction of sp³-hybridized carbons (Fsp3) is 1.00. The Morgan fingerprint density at radius 1 is 1.36 bits per heavy atom. The number of thioether (sulfide) groups is 2. The minimum atomic E-state index is 0.325. The van der Waals surface area contributed by atoms with Crippen LogP contribution < -0.4 is 5.73 Å². The summed E-state index contributed by atoms with van der Waals surface area (Å²) in [5.41, 5.74) is 6.35. The third-order valence-electron chi connectivity index (χ3n) is 3.65. The van der Waals surface area contributed by atoms with Gasteiger partial charge in [0.05, 0.1) is 0 Å². The first kappa shape index (κ1) is 11.1. The van der Waals surface area contributed by atoms with E-state index in [0.717, 1.165) is 11.8 Å². The van der Waals surface area contributed by atoms with Gasteiger partial charge in [0.2, 0.25) is 0 Å². The van der Waals surface area contributed by atoms with Gasteiger partial charge in [0.1, 0.15) is 0 Å². The molecule has 0 spiro atoms. The van der Waals surface area contributed by atoms with Crippen molar-refractivity contribution < 1.29 is 0 Å². The van der Waals surface area contributed by atoms with Crippen LogP contribution in [-0.4, -0.2) is 52.6 Å². The molecule has 82 valence electrons. The van der Waals surface area contributed by atoms with Crippen LogP contribution in [0.5, 0.6) is 0 Å². The lowest BCUT2D eigenvalue weighted by molar-refractivity contribution is 0.110. The van der Waals surface area contributed by atoms with E-state index in [2.05, 4.69) is 35.3 Å². The van der Waals surface area contributed by atoms with E-state index in [-0.39, 0.29) is 0 Å². The average Bonchev–Trinajstić information content (AvgIpc) is 2.62. The maximum Gasteiger partial charge on any atom is 0.0455 e. The van der Waals surface area contributed by atoms with Crippen molar-refractivity contribution in [3.63, 3.8) is 0 Å². The first-order chi connectivity index (χ1) is 6.79. The molecule has 2 unspecified atom stereocenters. The van der Waals surface area contributed by atoms with Crippen molar-refractivity contribution in [2.75, 3.05) is 36.9 Å². The molecule has 2 fully saturated rings. The Labute approximate surface area is 95.4 Å². The van der Waals surface area contributed by atoms with Crippen LogP contribution in [0.3, 0.4) is 0 Å². The fourth-order valence-electron chi connectivity index (χ4n) is 2.59. The molecular weight excluding hydrogens is 212 g/mol. The molecule has 2 atom stereocenters. The smallest absolute Gasteiger partial charge is 0.0455 e. The summed E-state index contributed by atoms with van der Waals surface area (Å²) in [4.78, 5) is 2.66. The lowest BCUT2D eigenvalue weighted by atomic mass is 9.90. The molecule has 0 aliphatic carbocycles. The van der Waals surface area contributed by atoms with Crippen molar-refractivity contribution >= 4 is 23.5 Å². The second-order valence-electron chi connectivity index (χ2n) is 4.17. The Morgan fingerprint density at radius 2 is 2.07 bits per heavy atom. The minimum Gasteiger partial charge on any atom is -0.329 e. The Bertz CT molecular complexity index is 195. The molecule has 2 aliphatic heterocycles. The van der Waals surface area contributed by atoms with Crippen molar-refractivity contribution in [2.24, 2.45) is 5.73 Å². The summed E-state index contributed by atoms with van der Waals surface area (Å²) >= 11 is 4.17. The van der Waals surface area contributed by atoms with E-state index in [1.165, 1.54) is 36.8 Å². The van der Waals surface area contributed by atoms with Crippen LogP contribution in [0.1, 0.15) is 13.3 Å². The van der Waals surface area contributed by atoms with Crippen molar-refractivity contribution in [3.05, 3.63) is 0 Å². The van der Waals surface area contributed by atoms with Crippen LogP contribution in [0.25, 0.3) is 0 Å². The van der Waals surface area contributed by atoms with E-state index in [9.17, 15) is 0 Å². The van der Waals surface area contributed by atoms with Crippen LogP contribution in [0, 0.1) is 0 Å². The number of hydrogen-bond acceptors (Lipinski definition) is 4. The van der Waals surface area contributed by atoms with Gasteiger partial charge in [0.15, 0.2) is 0 Å². The van der Waals surface area contributed by atoms with Gasteiger partial charge >= 0.3 is 0 Å². The quantitative estimate of drug-likeness (QED) is 0.776. The highest BCUT2D eigenvalue weighted by Gasteiger charge is 2.44. The third-order valence-corrected chi connectivity index (χ3v) is 5.97. The summed E-state index contributed by atoms with van der Waals surface area (Å²) in [6.45, 7) is 5.68. The van der Waals surface area contributed by atoms with Gasteiger partial charge in [-0.05, 0) is 12.2 Å². The first-order valence-corrected chi connectivity index (χ1v) is 7.64. The molecule has 0 amide bonds. The highest BCUT2D eigenvalue weighted by Crippen LogP contribution is 2.40. The molecule has 2 N–H and O–H groups in total. The van der Waals surface area contributed by atoms with Crippen molar-refractivity contribution in [3.8, 4) is 0 Å². The predicted molar refractivity (Wildman–Crippen MR) is 67.2 cm³/mol. The van der Waals surface area contributed by atoms with Crippen molar-refractivity contribution in [1.82, 2.24) is 4.90 Å². The second-order valence-corrected chi connectivity index (χ2v) is 6.84. The van der Waals surface area contributed by atoms with Gasteiger partial charge in [-0.3, -0.25) is 4.90 Å². The number of hydrogen-bond donors (Lipinski definition) is 1. The molecular formula is C10H20N2S2. The van der Waals surface area contributed by atoms with E-state index in [4.69, 9.17) is 5.73 Å². The molecule has 0 saturated carbocycles. The monoisotopic (exact) mass is 232 g/mol. The van der Waals surface area contributed by atoms with E-state index >= 15 is 0 Å². The molecule has 4 heteroatoms. The van der Waals surface area contributed by atoms with Gasteiger partial charge in [-0.25, -0.2) is 0 Å². The molecule has 0 aromatic carbocycles. The normalized spacial score (nSPS) is 40.3. The highest BCUT2D eigenvalue weighted by molar-refractivity contribution is 8.00. The van der Waals surface area contributed by atoms with E-state index < -0.39 is 0 Å². The summed E-state index contributed by atoms with van der Waals surface area (Å²) in [5.74, 6) is 3.88. The molecule has 2 rings (SSSR count). The van der Waals surface area contributed by atoms with Crippen LogP contribution in [0.2, 0.25) is 0 Å². The van der Waals surface area contributed by atoms with Crippen LogP contribution in [0.4, 0.5) is 0 Å². The van der Waals surface area contributed by atoms with Crippen LogP contribution in [-0.2, 0) is 0 Å². The fourth-order valence-corrected chi connectivity index (χ4v) is 4.99. The van der Waals surface area contributed by atoms with E-state index in [0.29, 0.717) is 5.54 Å². The highest BCUT2D eigenvalue weighted by atomic mass is 32.2. The number of nitrogens with two attached hydrogens (primary N) is 1. The van der Waals surface area contributed by atoms with Gasteiger partial charge in [-0.15, -0.1) is 0 Å². The zero-order valence-electron chi connectivity index (χ0n) is 8.87. The first-order valence-electron chi connectivity index (χ1n) is 5.44. The summed E-state index contributed by atoms with van der Waals surface area (Å²) in [6, 6.07) is 0. The molecule has 0 bridgehead atoms. The summed E-state index contributed by atoms with van der Waals surface area (Å²) < 4.78 is 0. The Balaban J connectivity index is 2.09. The Morgan fingerprint density at radius 3 is 2.57 bits per heavy atom. The maximum atomic E-state index is 6.03. The zero-order chi connectivity index (χ0) is 10.0. The van der Waals surface area contributed by atoms with Gasteiger partial charge in [-0.2, -0.15) is 23.5 Å². The van der Waals surface area contributed by atoms with Gasteiger partial charge in [-0.1, -0.05) is 6.92 Å². The standard InChI is InChI=1S/C10H20N2S2/c1-9-10(8-11,2-5-14-9)12-3-6-13-7-4-12/h9H,2-8,11H2,1H3. The topological polar surface area (TPSA) is 29.3 Å². The predicted octanol–water partition coefficient (Wildman–Crippen LogP) is 1.26. The molecule has 2 aliphatic rings. The van der Waals surface area contributed by atoms with Gasteiger partial charge < -0.3 is 5.73 Å². The molecule has 0 aromatic heterocycles. The minimum absolute atomic E-state index is 0.325. The molecule has 2 saturated heterocycles. The third kappa shape index (κ3) is 1.82. The second kappa shape index (κ2) is 4.64. The maximum absolute atomic E-state index is 6.03. The van der Waals surface area contributed by atoms with Crippen LogP contribution in [0.15, 0.2) is 0 Å². The van der Waals surface area contributed by atoms with Gasteiger partial charge in [0.25, 0.3) is 0 Å². The molecule has 0 radical (unpaired) electrons. The lowest BCUT2D eigenvalue weighted by Crippen LogP contribution is -2.59. The van der Waals surface area contributed by atoms with Crippen molar-refractivity contribution in [1.29, 1.82) is 0 Å². The van der Waals surface area contributed by atoms with Crippen molar-refractivity contribution in [2.45, 2.75) is 24.1 Å². The Kier molecular flexibility index (Phi) is 3.68. The lowest BCUT2D eigenvalue weighted by Gasteiger charge is -2.45. The molecule has 2 heterocycles. The summed E-state index contributed by atoms with van der Waals surface area (Å²) in [6.07, 6.45) is 1.29. The number of nitrogens with zero attached hydrogens (tertiary/aromatic N) is 1. The largest absolute Gasteiger partial charge is 0.329 e. The van der Waals surface area contributed by atoms with Crippen LogP contribution >= 0.6 is 23.5 Å². The average molecular weight is 232 g/mol. The zero-order valence-corrected chi connectivity index (χ0v) is 10.5. The van der Waals surface area contributed by atoms with E-state index in [1.54, 1.807) is 0 Å². The molecule has 14 heavy (non-hydrogen) atoms. The molecule has 2 nitrogen and oxygen atoms in total. The van der Waals surface area contributed by atoms with Gasteiger partial charge in [0, 0.05) is 41.9 Å².